The first-order valence-corrected chi connectivity index (χ1v) is 8.58. The third-order valence-corrected chi connectivity index (χ3v) is 4.41. The van der Waals surface area contributed by atoms with E-state index >= 15 is 0 Å². The Bertz CT molecular complexity index is 461. The van der Waals surface area contributed by atoms with Gasteiger partial charge in [0.1, 0.15) is 5.60 Å². The molecule has 0 aliphatic carbocycles. The van der Waals surface area contributed by atoms with Gasteiger partial charge in [0, 0.05) is 18.0 Å². The molecule has 2 aliphatic rings. The van der Waals surface area contributed by atoms with Crippen molar-refractivity contribution in [1.29, 1.82) is 0 Å². The van der Waals surface area contributed by atoms with Gasteiger partial charge in [-0.25, -0.2) is 4.79 Å². The third-order valence-electron chi connectivity index (χ3n) is 4.41. The molecule has 4 heteroatoms. The van der Waals surface area contributed by atoms with Gasteiger partial charge < -0.3 is 4.74 Å². The van der Waals surface area contributed by atoms with Crippen LogP contribution in [0.4, 0.5) is 4.79 Å². The maximum absolute atomic E-state index is 12.6. The molecule has 22 heavy (non-hydrogen) atoms. The molecule has 2 rings (SSSR count). The molecule has 0 aromatic rings. The van der Waals surface area contributed by atoms with Crippen molar-refractivity contribution in [1.82, 2.24) is 4.90 Å². The zero-order chi connectivity index (χ0) is 16.3. The molecule has 2 bridgehead atoms. The summed E-state index contributed by atoms with van der Waals surface area (Å²) >= 11 is 0. The molecule has 2 heterocycles. The summed E-state index contributed by atoms with van der Waals surface area (Å²) in [5.74, 6) is 0.211. The molecular weight excluding hydrogens is 278 g/mol. The highest BCUT2D eigenvalue weighted by molar-refractivity contribution is 5.97. The van der Waals surface area contributed by atoms with Crippen LogP contribution >= 0.6 is 0 Å². The molecule has 1 fully saturated rings. The molecule has 124 valence electrons. The van der Waals surface area contributed by atoms with Gasteiger partial charge in [-0.1, -0.05) is 19.4 Å². The average Bonchev–Trinajstić information content (AvgIpc) is 2.70. The van der Waals surface area contributed by atoms with Crippen LogP contribution < -0.4 is 0 Å². The number of hydrogen-bond donors (Lipinski definition) is 0. The summed E-state index contributed by atoms with van der Waals surface area (Å²) in [5, 5.41) is 0. The molecule has 0 unspecified atom stereocenters. The van der Waals surface area contributed by atoms with E-state index in [0.717, 1.165) is 44.1 Å². The number of fused-ring (bicyclic) bond motifs is 2. The maximum Gasteiger partial charge on any atom is 0.411 e. The second kappa shape index (κ2) is 6.84. The summed E-state index contributed by atoms with van der Waals surface area (Å²) in [6.07, 6.45) is 7.99. The average molecular weight is 307 g/mol. The Kier molecular flexibility index (Phi) is 5.30. The standard InChI is InChI=1S/C18H29NO3/c1-5-6-10-16(20)14-9-7-8-13-11-12-15(14)19(13)17(21)22-18(2,3)4/h9,13,15H,5-8,10-12H2,1-4H3/t13-,15-/m1/s1. The topological polar surface area (TPSA) is 46.6 Å². The Morgan fingerprint density at radius 1 is 1.27 bits per heavy atom. The van der Waals surface area contributed by atoms with Crippen molar-refractivity contribution in [3.8, 4) is 0 Å². The van der Waals surface area contributed by atoms with Crippen LogP contribution in [0.25, 0.3) is 0 Å². The number of ketones is 1. The number of ether oxygens (including phenoxy) is 1. The molecule has 0 radical (unpaired) electrons. The van der Waals surface area contributed by atoms with E-state index in [1.54, 1.807) is 0 Å². The van der Waals surface area contributed by atoms with E-state index in [4.69, 9.17) is 4.74 Å². The van der Waals surface area contributed by atoms with Crippen LogP contribution in [0.2, 0.25) is 0 Å². The van der Waals surface area contributed by atoms with E-state index in [1.165, 1.54) is 0 Å². The van der Waals surface area contributed by atoms with Crippen LogP contribution in [0, 0.1) is 0 Å². The first-order valence-electron chi connectivity index (χ1n) is 8.58. The first-order chi connectivity index (χ1) is 10.3. The molecule has 1 saturated heterocycles. The molecule has 4 nitrogen and oxygen atoms in total. The molecule has 1 amide bonds. The number of nitrogens with zero attached hydrogens (tertiary/aromatic N) is 1. The van der Waals surface area contributed by atoms with Gasteiger partial charge in [0.15, 0.2) is 5.78 Å². The minimum atomic E-state index is -0.501. The fraction of sp³-hybridized carbons (Fsp3) is 0.778. The lowest BCUT2D eigenvalue weighted by Gasteiger charge is -2.32. The van der Waals surface area contributed by atoms with Crippen LogP contribution in [0.5, 0.6) is 0 Å². The largest absolute Gasteiger partial charge is 0.444 e. The van der Waals surface area contributed by atoms with Crippen molar-refractivity contribution in [3.63, 3.8) is 0 Å². The lowest BCUT2D eigenvalue weighted by molar-refractivity contribution is -0.116. The van der Waals surface area contributed by atoms with Crippen molar-refractivity contribution in [2.24, 2.45) is 0 Å². The predicted octanol–water partition coefficient (Wildman–Crippen LogP) is 4.23. The minimum Gasteiger partial charge on any atom is -0.444 e. The van der Waals surface area contributed by atoms with Gasteiger partial charge in [-0.05, 0) is 52.9 Å². The van der Waals surface area contributed by atoms with Gasteiger partial charge in [0.2, 0.25) is 0 Å². The summed E-state index contributed by atoms with van der Waals surface area (Å²) in [6.45, 7) is 7.74. The fourth-order valence-electron chi connectivity index (χ4n) is 3.41. The molecule has 0 saturated carbocycles. The molecule has 0 aromatic heterocycles. The fourth-order valence-corrected chi connectivity index (χ4v) is 3.41. The predicted molar refractivity (Wildman–Crippen MR) is 86.7 cm³/mol. The monoisotopic (exact) mass is 307 g/mol. The number of allylic oxidation sites excluding steroid dienone is 1. The van der Waals surface area contributed by atoms with Gasteiger partial charge in [-0.2, -0.15) is 0 Å². The zero-order valence-corrected chi connectivity index (χ0v) is 14.4. The lowest BCUT2D eigenvalue weighted by Crippen LogP contribution is -2.45. The van der Waals surface area contributed by atoms with E-state index in [2.05, 4.69) is 13.0 Å². The van der Waals surface area contributed by atoms with E-state index in [0.29, 0.717) is 6.42 Å². The van der Waals surface area contributed by atoms with Gasteiger partial charge >= 0.3 is 6.09 Å². The van der Waals surface area contributed by atoms with E-state index in [-0.39, 0.29) is 24.0 Å². The molecule has 2 atom stereocenters. The Morgan fingerprint density at radius 2 is 2.00 bits per heavy atom. The van der Waals surface area contributed by atoms with Crippen LogP contribution in [-0.2, 0) is 9.53 Å². The Balaban J connectivity index is 2.16. The number of amides is 1. The summed E-state index contributed by atoms with van der Waals surface area (Å²) in [5.41, 5.74) is 0.346. The smallest absolute Gasteiger partial charge is 0.411 e. The number of carbonyl (C=O) groups excluding carboxylic acids is 2. The molecule has 0 spiro atoms. The van der Waals surface area contributed by atoms with Gasteiger partial charge in [-0.3, -0.25) is 9.69 Å². The second-order valence-corrected chi connectivity index (χ2v) is 7.40. The third kappa shape index (κ3) is 3.90. The van der Waals surface area contributed by atoms with Crippen molar-refractivity contribution >= 4 is 11.9 Å². The lowest BCUT2D eigenvalue weighted by atomic mass is 9.94. The van der Waals surface area contributed by atoms with Crippen molar-refractivity contribution < 1.29 is 14.3 Å². The van der Waals surface area contributed by atoms with Crippen molar-refractivity contribution in [3.05, 3.63) is 11.6 Å². The number of Topliss-reactive ketones (excluding diaryl/α,β-unsaturated/α-hetero) is 1. The van der Waals surface area contributed by atoms with Crippen LogP contribution in [0.3, 0.4) is 0 Å². The minimum absolute atomic E-state index is 0.0771. The summed E-state index contributed by atoms with van der Waals surface area (Å²) in [4.78, 5) is 26.9. The SMILES string of the molecule is CCCCC(=O)C1=CCC[C@@H]2CC[C@H]1N2C(=O)OC(C)(C)C. The number of rotatable bonds is 4. The van der Waals surface area contributed by atoms with Crippen LogP contribution in [0.15, 0.2) is 11.6 Å². The Morgan fingerprint density at radius 3 is 2.64 bits per heavy atom. The highest BCUT2D eigenvalue weighted by Crippen LogP contribution is 2.36. The van der Waals surface area contributed by atoms with Gasteiger partial charge in [0.05, 0.1) is 6.04 Å². The molecular formula is C18H29NO3. The van der Waals surface area contributed by atoms with Gasteiger partial charge in [0.25, 0.3) is 0 Å². The van der Waals surface area contributed by atoms with E-state index < -0.39 is 5.60 Å². The number of hydrogen-bond acceptors (Lipinski definition) is 3. The highest BCUT2D eigenvalue weighted by Gasteiger charge is 2.43. The quantitative estimate of drug-likeness (QED) is 0.780. The van der Waals surface area contributed by atoms with Gasteiger partial charge in [-0.15, -0.1) is 0 Å². The first kappa shape index (κ1) is 17.0. The summed E-state index contributed by atoms with van der Waals surface area (Å²) in [7, 11) is 0. The second-order valence-electron chi connectivity index (χ2n) is 7.40. The van der Waals surface area contributed by atoms with E-state index in [9.17, 15) is 9.59 Å². The van der Waals surface area contributed by atoms with Crippen LogP contribution in [-0.4, -0.2) is 34.5 Å². The number of carbonyl (C=O) groups is 2. The Labute approximate surface area is 133 Å². The molecule has 0 N–H and O–H groups in total. The van der Waals surface area contributed by atoms with Crippen molar-refractivity contribution in [2.45, 2.75) is 90.3 Å². The van der Waals surface area contributed by atoms with Crippen molar-refractivity contribution in [2.75, 3.05) is 0 Å². The summed E-state index contributed by atoms with van der Waals surface area (Å²) in [6, 6.07) is 0.138. The normalized spacial score (nSPS) is 24.7. The molecule has 0 aromatic carbocycles. The van der Waals surface area contributed by atoms with E-state index in [1.807, 2.05) is 25.7 Å². The zero-order valence-electron chi connectivity index (χ0n) is 14.4. The Hall–Kier alpha value is -1.32. The molecule has 2 aliphatic heterocycles. The van der Waals surface area contributed by atoms with Crippen LogP contribution in [0.1, 0.15) is 72.6 Å². The maximum atomic E-state index is 12.6. The number of unbranched alkanes of at least 4 members (excludes halogenated alkanes) is 1. The highest BCUT2D eigenvalue weighted by atomic mass is 16.6. The summed E-state index contributed by atoms with van der Waals surface area (Å²) < 4.78 is 5.57.